The standard InChI is InChI=1S/C56H55ClF4N8O5/c1-52(2,3)25-43-55(29-64-40-23-42(56(59,60)61)63-26-37(40)55)45(34-10-7-11-38(57)46(34)58)47(66-43)49(72)65-39-15-13-31(22-36(39)53(4,5)28-62)50(73)68-20-18-54(19-21-68)24-32(54)14-12-30-8-6-9-33-35(30)27-69(51(33)74)41-16-17-44(70)67-48(41)71/h6-11,13,15,22-23,26,32,41,43,45,47,64,66H,16-21,24-25,27,29H2,1-5H3,(H,65,72)(H,67,70,71)/t32-,41?,43-,45-,47+,55-/m0/s1. The lowest BCUT2D eigenvalue weighted by Crippen LogP contribution is -2.52. The second kappa shape index (κ2) is 18.2. The zero-order valence-electron chi connectivity index (χ0n) is 41.5. The Kier molecular flexibility index (Phi) is 12.5. The van der Waals surface area contributed by atoms with Crippen molar-refractivity contribution in [1.82, 2.24) is 25.4 Å². The van der Waals surface area contributed by atoms with E-state index in [2.05, 4.69) is 44.2 Å². The van der Waals surface area contributed by atoms with Gasteiger partial charge >= 0.3 is 6.18 Å². The van der Waals surface area contributed by atoms with Crippen molar-refractivity contribution in [2.24, 2.45) is 16.7 Å². The van der Waals surface area contributed by atoms with Crippen LogP contribution in [0.25, 0.3) is 0 Å². The first kappa shape index (κ1) is 50.7. The second-order valence-electron chi connectivity index (χ2n) is 22.5. The van der Waals surface area contributed by atoms with Crippen molar-refractivity contribution in [2.75, 3.05) is 30.3 Å². The largest absolute Gasteiger partial charge is 0.433 e. The van der Waals surface area contributed by atoms with Crippen LogP contribution in [0.5, 0.6) is 0 Å². The number of rotatable bonds is 7. The quantitative estimate of drug-likeness (QED) is 0.0803. The van der Waals surface area contributed by atoms with Crippen LogP contribution < -0.4 is 21.3 Å². The smallest absolute Gasteiger partial charge is 0.384 e. The Bertz CT molecular complexity index is 3160. The molecule has 5 amide bonds. The summed E-state index contributed by atoms with van der Waals surface area (Å²) >= 11 is 6.41. The van der Waals surface area contributed by atoms with Crippen molar-refractivity contribution in [3.8, 4) is 17.9 Å². The minimum Gasteiger partial charge on any atom is -0.384 e. The monoisotopic (exact) mass is 1030 g/mol. The average molecular weight is 1030 g/mol. The van der Waals surface area contributed by atoms with Gasteiger partial charge < -0.3 is 25.8 Å². The van der Waals surface area contributed by atoms with Gasteiger partial charge in [-0.3, -0.25) is 34.3 Å². The maximum atomic E-state index is 16.5. The maximum absolute atomic E-state index is 16.5. The number of nitrogens with zero attached hydrogens (tertiary/aromatic N) is 4. The third-order valence-corrected chi connectivity index (χ3v) is 16.5. The molecule has 3 aromatic carbocycles. The van der Waals surface area contributed by atoms with Crippen LogP contribution in [-0.2, 0) is 37.9 Å². The summed E-state index contributed by atoms with van der Waals surface area (Å²) < 4.78 is 58.4. The van der Waals surface area contributed by atoms with Gasteiger partial charge in [0.15, 0.2) is 0 Å². The molecule has 384 valence electrons. The molecule has 0 bridgehead atoms. The number of benzene rings is 3. The van der Waals surface area contributed by atoms with Gasteiger partial charge in [0.1, 0.15) is 17.6 Å². The molecule has 4 fully saturated rings. The van der Waals surface area contributed by atoms with Crippen LogP contribution in [-0.4, -0.2) is 82.1 Å². The molecule has 1 aromatic heterocycles. The topological polar surface area (TPSA) is 177 Å². The van der Waals surface area contributed by atoms with Gasteiger partial charge in [0.25, 0.3) is 11.8 Å². The molecule has 5 aliphatic heterocycles. The molecule has 4 N–H and O–H groups in total. The molecule has 0 radical (unpaired) electrons. The van der Waals surface area contributed by atoms with E-state index in [1.807, 2.05) is 26.8 Å². The number of alkyl halides is 3. The van der Waals surface area contributed by atoms with E-state index in [9.17, 15) is 37.6 Å². The van der Waals surface area contributed by atoms with Crippen molar-refractivity contribution >= 4 is 52.5 Å². The highest BCUT2D eigenvalue weighted by Gasteiger charge is 2.62. The fraction of sp³-hybridized carbons (Fsp3) is 0.446. The normalized spacial score (nSPS) is 24.9. The highest BCUT2D eigenvalue weighted by atomic mass is 35.5. The lowest BCUT2D eigenvalue weighted by molar-refractivity contribution is -0.141. The number of nitrogens with one attached hydrogen (secondary N) is 4. The van der Waals surface area contributed by atoms with Crippen molar-refractivity contribution in [3.63, 3.8) is 0 Å². The summed E-state index contributed by atoms with van der Waals surface area (Å²) in [4.78, 5) is 74.2. The van der Waals surface area contributed by atoms with E-state index in [-0.39, 0.29) is 82.4 Å². The predicted molar refractivity (Wildman–Crippen MR) is 267 cm³/mol. The Morgan fingerprint density at radius 2 is 1.74 bits per heavy atom. The van der Waals surface area contributed by atoms with E-state index in [1.54, 1.807) is 55.1 Å². The Balaban J connectivity index is 0.876. The van der Waals surface area contributed by atoms with Crippen LogP contribution in [0, 0.1) is 45.7 Å². The van der Waals surface area contributed by atoms with Gasteiger partial charge in [-0.15, -0.1) is 0 Å². The number of hydrogen-bond donors (Lipinski definition) is 4. The lowest BCUT2D eigenvalue weighted by atomic mass is 9.63. The molecule has 1 aliphatic carbocycles. The molecule has 74 heavy (non-hydrogen) atoms. The molecule has 13 nitrogen and oxygen atoms in total. The summed E-state index contributed by atoms with van der Waals surface area (Å²) in [7, 11) is 0. The van der Waals surface area contributed by atoms with Gasteiger partial charge in [-0.05, 0) is 116 Å². The highest BCUT2D eigenvalue weighted by molar-refractivity contribution is 6.30. The summed E-state index contributed by atoms with van der Waals surface area (Å²) in [5, 5.41) is 22.3. The van der Waals surface area contributed by atoms with Crippen LogP contribution in [0.15, 0.2) is 66.9 Å². The van der Waals surface area contributed by atoms with Crippen LogP contribution in [0.1, 0.15) is 133 Å². The molecule has 18 heteroatoms. The Morgan fingerprint density at radius 3 is 2.45 bits per heavy atom. The first-order valence-electron chi connectivity index (χ1n) is 24.9. The number of imide groups is 1. The number of likely N-dealkylation sites (tertiary alicyclic amines) is 1. The number of aromatic nitrogens is 1. The summed E-state index contributed by atoms with van der Waals surface area (Å²) in [5.74, 6) is 3.17. The minimum absolute atomic E-state index is 0.0573. The molecule has 6 atom stereocenters. The average Bonchev–Trinajstić information content (AvgIpc) is 3.56. The number of amides is 5. The Labute approximate surface area is 431 Å². The van der Waals surface area contributed by atoms with E-state index < -0.39 is 64.4 Å². The van der Waals surface area contributed by atoms with E-state index in [0.29, 0.717) is 41.8 Å². The van der Waals surface area contributed by atoms with E-state index in [4.69, 9.17) is 11.6 Å². The van der Waals surface area contributed by atoms with Gasteiger partial charge in [0.2, 0.25) is 17.7 Å². The zero-order valence-corrected chi connectivity index (χ0v) is 42.3. The number of carbonyl (C=O) groups is 5. The number of fused-ring (bicyclic) bond motifs is 3. The molecule has 1 unspecified atom stereocenters. The first-order chi connectivity index (χ1) is 34.9. The molecule has 6 heterocycles. The van der Waals surface area contributed by atoms with E-state index in [0.717, 1.165) is 36.5 Å². The number of anilines is 2. The van der Waals surface area contributed by atoms with Gasteiger partial charge in [0, 0.05) is 95.7 Å². The molecule has 6 aliphatic rings. The summed E-state index contributed by atoms with van der Waals surface area (Å²) in [6.45, 7) is 10.6. The van der Waals surface area contributed by atoms with Crippen LogP contribution in [0.3, 0.4) is 0 Å². The summed E-state index contributed by atoms with van der Waals surface area (Å²) in [5.41, 5.74) is -0.301. The van der Waals surface area contributed by atoms with Crippen molar-refractivity contribution < 1.29 is 41.5 Å². The van der Waals surface area contributed by atoms with Crippen molar-refractivity contribution in [1.29, 1.82) is 5.26 Å². The molecular formula is C56H55ClF4N8O5. The van der Waals surface area contributed by atoms with Gasteiger partial charge in [0.05, 0.1) is 22.5 Å². The minimum atomic E-state index is -4.72. The van der Waals surface area contributed by atoms with Crippen LogP contribution in [0.4, 0.5) is 28.9 Å². The number of hydrogen-bond acceptors (Lipinski definition) is 9. The first-order valence-corrected chi connectivity index (χ1v) is 25.3. The van der Waals surface area contributed by atoms with Crippen LogP contribution >= 0.6 is 11.6 Å². The third-order valence-electron chi connectivity index (χ3n) is 16.3. The third kappa shape index (κ3) is 8.85. The van der Waals surface area contributed by atoms with Crippen molar-refractivity contribution in [3.05, 3.63) is 122 Å². The molecule has 1 saturated carbocycles. The van der Waals surface area contributed by atoms with Crippen LogP contribution in [0.2, 0.25) is 5.02 Å². The van der Waals surface area contributed by atoms with Gasteiger partial charge in [-0.25, -0.2) is 4.39 Å². The SMILES string of the molecule is CC(C)(C)C[C@@H]1N[C@@H](C(=O)Nc2ccc(C(=O)N3CCC4(CC3)C[C@@H]4C#Cc3cccc4c3CN(C3CCC(=O)NC3=O)C4=O)cc2C(C)(C)C#N)[C@H](c2cccc(Cl)c2F)[C@]12CNc1cc(C(F)(F)F)ncc12. The maximum Gasteiger partial charge on any atom is 0.433 e. The molecule has 4 aromatic rings. The number of pyridine rings is 1. The van der Waals surface area contributed by atoms with E-state index >= 15 is 9.18 Å². The fourth-order valence-corrected chi connectivity index (χ4v) is 12.4. The summed E-state index contributed by atoms with van der Waals surface area (Å²) in [6, 6.07) is 15.5. The Hall–Kier alpha value is -6.82. The van der Waals surface area contributed by atoms with Crippen molar-refractivity contribution in [2.45, 2.75) is 121 Å². The Morgan fingerprint density at radius 1 is 1.00 bits per heavy atom. The fourth-order valence-electron chi connectivity index (χ4n) is 12.2. The lowest BCUT2D eigenvalue weighted by Gasteiger charge is -2.39. The highest BCUT2D eigenvalue weighted by Crippen LogP contribution is 2.60. The molecule has 3 saturated heterocycles. The molecular weight excluding hydrogens is 976 g/mol. The number of carbonyl (C=O) groups excluding carboxylic acids is 5. The molecule has 2 spiro atoms. The number of nitriles is 1. The zero-order chi connectivity index (χ0) is 52.9. The number of piperidine rings is 2. The van der Waals surface area contributed by atoms with Gasteiger partial charge in [-0.1, -0.05) is 62.4 Å². The predicted octanol–water partition coefficient (Wildman–Crippen LogP) is 8.61. The second-order valence-corrected chi connectivity index (χ2v) is 22.9. The molecule has 10 rings (SSSR count). The van der Waals surface area contributed by atoms with E-state index in [1.165, 1.54) is 23.2 Å². The van der Waals surface area contributed by atoms with Gasteiger partial charge in [-0.2, -0.15) is 18.4 Å². The summed E-state index contributed by atoms with van der Waals surface area (Å²) in [6.07, 6.45) is -0.375. The number of halogens is 5.